The van der Waals surface area contributed by atoms with Crippen molar-refractivity contribution < 1.29 is 14.0 Å². The smallest absolute Gasteiger partial charge is 0.291 e. The Kier molecular flexibility index (Phi) is 4.69. The summed E-state index contributed by atoms with van der Waals surface area (Å²) in [6, 6.07) is 11.8. The van der Waals surface area contributed by atoms with Crippen LogP contribution in [0.25, 0.3) is 0 Å². The topological polar surface area (TPSA) is 71.3 Å². The minimum absolute atomic E-state index is 0.212. The number of aryl methyl sites for hydroxylation is 1. The fourth-order valence-corrected chi connectivity index (χ4v) is 2.99. The molecule has 7 heteroatoms. The molecule has 0 radical (unpaired) electrons. The third kappa shape index (κ3) is 3.67. The van der Waals surface area contributed by atoms with Crippen molar-refractivity contribution in [3.05, 3.63) is 70.0 Å². The molecule has 0 bridgehead atoms. The van der Waals surface area contributed by atoms with Crippen LogP contribution in [0.4, 0.5) is 10.7 Å². The molecule has 0 aliphatic heterocycles. The number of carbonyl (C=O) groups is 2. The van der Waals surface area contributed by atoms with E-state index in [4.69, 9.17) is 16.0 Å². The van der Waals surface area contributed by atoms with Crippen molar-refractivity contribution in [2.24, 2.45) is 0 Å². The normalized spacial score (nSPS) is 10.4. The first-order chi connectivity index (χ1) is 11.5. The number of furan rings is 1. The highest BCUT2D eigenvalue weighted by Gasteiger charge is 2.14. The van der Waals surface area contributed by atoms with Gasteiger partial charge < -0.3 is 15.1 Å². The number of nitrogens with one attached hydrogen (secondary N) is 2. The van der Waals surface area contributed by atoms with Gasteiger partial charge >= 0.3 is 0 Å². The van der Waals surface area contributed by atoms with Crippen LogP contribution in [0, 0.1) is 6.92 Å². The Hall–Kier alpha value is -2.57. The average molecular weight is 361 g/mol. The molecule has 3 aromatic rings. The van der Waals surface area contributed by atoms with E-state index >= 15 is 0 Å². The van der Waals surface area contributed by atoms with Crippen molar-refractivity contribution in [1.82, 2.24) is 0 Å². The molecule has 0 saturated carbocycles. The summed E-state index contributed by atoms with van der Waals surface area (Å²) in [5.74, 6) is -0.410. The zero-order valence-electron chi connectivity index (χ0n) is 12.6. The van der Waals surface area contributed by atoms with E-state index < -0.39 is 0 Å². The maximum atomic E-state index is 12.3. The Morgan fingerprint density at radius 2 is 1.92 bits per heavy atom. The first kappa shape index (κ1) is 16.3. The van der Waals surface area contributed by atoms with Gasteiger partial charge in [-0.05, 0) is 48.9 Å². The van der Waals surface area contributed by atoms with Gasteiger partial charge in [-0.2, -0.15) is 0 Å². The molecule has 1 aromatic carbocycles. The van der Waals surface area contributed by atoms with Crippen molar-refractivity contribution in [2.45, 2.75) is 6.92 Å². The maximum absolute atomic E-state index is 12.3. The summed E-state index contributed by atoms with van der Waals surface area (Å²) in [4.78, 5) is 24.7. The second-order valence-corrected chi connectivity index (χ2v) is 6.53. The molecule has 2 amide bonds. The molecule has 5 nitrogen and oxygen atoms in total. The molecular weight excluding hydrogens is 348 g/mol. The highest BCUT2D eigenvalue weighted by Crippen LogP contribution is 2.25. The maximum Gasteiger partial charge on any atom is 0.291 e. The lowest BCUT2D eigenvalue weighted by atomic mass is 10.2. The monoisotopic (exact) mass is 360 g/mol. The Morgan fingerprint density at radius 1 is 1.08 bits per heavy atom. The minimum atomic E-state index is -0.362. The van der Waals surface area contributed by atoms with E-state index in [0.717, 1.165) is 5.56 Å². The van der Waals surface area contributed by atoms with Crippen molar-refractivity contribution in [3.8, 4) is 0 Å². The van der Waals surface area contributed by atoms with Crippen LogP contribution in [0.15, 0.2) is 53.1 Å². The van der Waals surface area contributed by atoms with E-state index in [2.05, 4.69) is 10.6 Å². The number of halogens is 1. The standard InChI is InChI=1S/C17H13ClN2O3S/c1-10-4-5-11(18)9-12(10)19-17(22)14-6-7-15(24-14)20-16(21)13-3-2-8-23-13/h2-9H,1H3,(H,19,22)(H,20,21). The summed E-state index contributed by atoms with van der Waals surface area (Å²) >= 11 is 7.13. The van der Waals surface area contributed by atoms with Gasteiger partial charge in [-0.1, -0.05) is 17.7 Å². The molecule has 0 spiro atoms. The van der Waals surface area contributed by atoms with Crippen LogP contribution in [-0.4, -0.2) is 11.8 Å². The second-order valence-electron chi connectivity index (χ2n) is 5.01. The quantitative estimate of drug-likeness (QED) is 0.701. The third-order valence-corrected chi connectivity index (χ3v) is 4.49. The summed E-state index contributed by atoms with van der Waals surface area (Å²) in [6.45, 7) is 1.88. The summed E-state index contributed by atoms with van der Waals surface area (Å²) in [5.41, 5.74) is 1.57. The zero-order valence-corrected chi connectivity index (χ0v) is 14.2. The molecule has 0 saturated heterocycles. The Labute approximate surface area is 147 Å². The van der Waals surface area contributed by atoms with Gasteiger partial charge in [-0.3, -0.25) is 9.59 Å². The van der Waals surface area contributed by atoms with E-state index in [0.29, 0.717) is 20.6 Å². The van der Waals surface area contributed by atoms with Gasteiger partial charge in [-0.25, -0.2) is 0 Å². The first-order valence-electron chi connectivity index (χ1n) is 7.05. The number of amides is 2. The van der Waals surface area contributed by atoms with Crippen LogP contribution in [-0.2, 0) is 0 Å². The molecule has 2 heterocycles. The molecule has 0 aliphatic carbocycles. The number of hydrogen-bond acceptors (Lipinski definition) is 4. The van der Waals surface area contributed by atoms with E-state index in [9.17, 15) is 9.59 Å². The molecule has 0 aliphatic rings. The predicted molar refractivity (Wildman–Crippen MR) is 95.1 cm³/mol. The van der Waals surface area contributed by atoms with E-state index in [1.54, 1.807) is 36.4 Å². The lowest BCUT2D eigenvalue weighted by Gasteiger charge is -2.07. The van der Waals surface area contributed by atoms with E-state index in [-0.39, 0.29) is 17.6 Å². The van der Waals surface area contributed by atoms with Crippen LogP contribution in [0.5, 0.6) is 0 Å². The highest BCUT2D eigenvalue weighted by molar-refractivity contribution is 7.18. The summed E-state index contributed by atoms with van der Waals surface area (Å²) in [6.07, 6.45) is 1.43. The predicted octanol–water partition coefficient (Wildman–Crippen LogP) is 4.81. The number of rotatable bonds is 4. The van der Waals surface area contributed by atoms with Gasteiger partial charge in [0.05, 0.1) is 16.1 Å². The Bertz CT molecular complexity index is 887. The SMILES string of the molecule is Cc1ccc(Cl)cc1NC(=O)c1ccc(NC(=O)c2ccco2)s1. The summed E-state index contributed by atoms with van der Waals surface area (Å²) in [7, 11) is 0. The fourth-order valence-electron chi connectivity index (χ4n) is 2.02. The van der Waals surface area contributed by atoms with Gasteiger partial charge in [0.1, 0.15) is 0 Å². The molecular formula is C17H13ClN2O3S. The number of benzene rings is 1. The van der Waals surface area contributed by atoms with E-state index in [1.807, 2.05) is 13.0 Å². The van der Waals surface area contributed by atoms with Crippen LogP contribution in [0.2, 0.25) is 5.02 Å². The average Bonchev–Trinajstić information content (AvgIpc) is 3.22. The number of thiophene rings is 1. The van der Waals surface area contributed by atoms with Crippen LogP contribution in [0.1, 0.15) is 25.8 Å². The lowest BCUT2D eigenvalue weighted by molar-refractivity contribution is 0.0995. The van der Waals surface area contributed by atoms with Gasteiger partial charge in [-0.15, -0.1) is 11.3 Å². The molecule has 0 atom stereocenters. The molecule has 0 unspecified atom stereocenters. The van der Waals surface area contributed by atoms with Gasteiger partial charge in [0.2, 0.25) is 0 Å². The molecule has 3 rings (SSSR count). The molecule has 2 N–H and O–H groups in total. The zero-order chi connectivity index (χ0) is 17.1. The first-order valence-corrected chi connectivity index (χ1v) is 8.24. The van der Waals surface area contributed by atoms with Crippen LogP contribution < -0.4 is 10.6 Å². The van der Waals surface area contributed by atoms with Gasteiger partial charge in [0, 0.05) is 10.7 Å². The Morgan fingerprint density at radius 3 is 2.67 bits per heavy atom. The van der Waals surface area contributed by atoms with Crippen molar-refractivity contribution in [3.63, 3.8) is 0 Å². The fraction of sp³-hybridized carbons (Fsp3) is 0.0588. The van der Waals surface area contributed by atoms with Crippen LogP contribution in [0.3, 0.4) is 0 Å². The lowest BCUT2D eigenvalue weighted by Crippen LogP contribution is -2.11. The number of carbonyl (C=O) groups excluding carboxylic acids is 2. The molecule has 122 valence electrons. The largest absolute Gasteiger partial charge is 0.459 e. The second kappa shape index (κ2) is 6.90. The minimum Gasteiger partial charge on any atom is -0.459 e. The van der Waals surface area contributed by atoms with Crippen molar-refractivity contribution in [2.75, 3.05) is 10.6 Å². The summed E-state index contributed by atoms with van der Waals surface area (Å²) in [5, 5.41) is 6.62. The van der Waals surface area contributed by atoms with Crippen molar-refractivity contribution in [1.29, 1.82) is 0 Å². The van der Waals surface area contributed by atoms with Gasteiger partial charge in [0.25, 0.3) is 11.8 Å². The summed E-state index contributed by atoms with van der Waals surface area (Å²) < 4.78 is 5.03. The number of anilines is 2. The van der Waals surface area contributed by atoms with Crippen LogP contribution >= 0.6 is 22.9 Å². The third-order valence-electron chi connectivity index (χ3n) is 3.26. The molecule has 24 heavy (non-hydrogen) atoms. The molecule has 2 aromatic heterocycles. The van der Waals surface area contributed by atoms with Crippen molar-refractivity contribution >= 4 is 45.4 Å². The number of hydrogen-bond donors (Lipinski definition) is 2. The van der Waals surface area contributed by atoms with Gasteiger partial charge in [0.15, 0.2) is 5.76 Å². The van der Waals surface area contributed by atoms with E-state index in [1.165, 1.54) is 17.6 Å². The molecule has 0 fully saturated rings. The Balaban J connectivity index is 1.69. The highest BCUT2D eigenvalue weighted by atomic mass is 35.5.